The van der Waals surface area contributed by atoms with Gasteiger partial charge < -0.3 is 14.8 Å². The predicted molar refractivity (Wildman–Crippen MR) is 101 cm³/mol. The Morgan fingerprint density at radius 1 is 1.28 bits per heavy atom. The number of aromatic hydroxyl groups is 1. The van der Waals surface area contributed by atoms with Gasteiger partial charge in [0, 0.05) is 4.47 Å². The van der Waals surface area contributed by atoms with Gasteiger partial charge in [0.25, 0.3) is 0 Å². The van der Waals surface area contributed by atoms with E-state index in [1.807, 2.05) is 26.0 Å². The van der Waals surface area contributed by atoms with E-state index in [2.05, 4.69) is 32.0 Å². The lowest BCUT2D eigenvalue weighted by molar-refractivity contribution is 0.373. The molecular formula is C19H16BrN3O2. The van der Waals surface area contributed by atoms with Crippen LogP contribution in [0.25, 0.3) is 22.7 Å². The van der Waals surface area contributed by atoms with E-state index in [-0.39, 0.29) is 5.75 Å². The first-order valence-electron chi connectivity index (χ1n) is 7.58. The highest BCUT2D eigenvalue weighted by Gasteiger charge is 2.12. The molecule has 0 atom stereocenters. The number of hydrogen-bond acceptors (Lipinski definition) is 4. The first-order valence-corrected chi connectivity index (χ1v) is 8.38. The van der Waals surface area contributed by atoms with Crippen molar-refractivity contribution in [1.82, 2.24) is 9.97 Å². The summed E-state index contributed by atoms with van der Waals surface area (Å²) in [5, 5.41) is 19.4. The molecule has 6 heteroatoms. The van der Waals surface area contributed by atoms with E-state index in [0.29, 0.717) is 27.2 Å². The average molecular weight is 398 g/mol. The van der Waals surface area contributed by atoms with Gasteiger partial charge in [0.05, 0.1) is 23.7 Å². The van der Waals surface area contributed by atoms with Crippen LogP contribution in [0.1, 0.15) is 22.5 Å². The monoisotopic (exact) mass is 397 g/mol. The summed E-state index contributed by atoms with van der Waals surface area (Å²) in [4.78, 5) is 7.73. The van der Waals surface area contributed by atoms with Crippen molar-refractivity contribution in [1.29, 1.82) is 5.26 Å². The molecular weight excluding hydrogens is 382 g/mol. The summed E-state index contributed by atoms with van der Waals surface area (Å²) in [5.74, 6) is 0.865. The number of imidazole rings is 1. The van der Waals surface area contributed by atoms with Gasteiger partial charge in [-0.05, 0) is 60.9 Å². The Kier molecular flexibility index (Phi) is 4.51. The van der Waals surface area contributed by atoms with Crippen LogP contribution in [-0.4, -0.2) is 22.2 Å². The molecule has 0 spiro atoms. The van der Waals surface area contributed by atoms with E-state index in [1.165, 1.54) is 13.2 Å². The Morgan fingerprint density at radius 2 is 2.00 bits per heavy atom. The van der Waals surface area contributed by atoms with Crippen LogP contribution >= 0.6 is 15.9 Å². The van der Waals surface area contributed by atoms with Crippen LogP contribution < -0.4 is 4.74 Å². The van der Waals surface area contributed by atoms with Crippen LogP contribution in [-0.2, 0) is 0 Å². The van der Waals surface area contributed by atoms with Gasteiger partial charge >= 0.3 is 0 Å². The first kappa shape index (κ1) is 17.1. The number of H-pyrrole nitrogens is 1. The van der Waals surface area contributed by atoms with E-state index in [0.717, 1.165) is 22.2 Å². The second-order valence-electron chi connectivity index (χ2n) is 5.75. The standard InChI is InChI=1S/C19H16BrN3O2/c1-10-4-15-16(5-11(10)2)23-19(22-15)13(9-21)6-12-7-18(25-3)17(24)8-14(12)20/h4-8,24H,1-3H3,(H,22,23)/b13-6+. The molecule has 1 heterocycles. The SMILES string of the molecule is COc1cc(/C=C(\C#N)c2nc3cc(C)c(C)cc3[nH]2)c(Br)cc1O. The number of methoxy groups -OCH3 is 1. The van der Waals surface area contributed by atoms with Crippen LogP contribution in [0.4, 0.5) is 0 Å². The minimum atomic E-state index is 0.0275. The lowest BCUT2D eigenvalue weighted by atomic mass is 10.1. The van der Waals surface area contributed by atoms with E-state index in [4.69, 9.17) is 4.74 Å². The number of nitrogens with one attached hydrogen (secondary N) is 1. The Hall–Kier alpha value is -2.78. The molecule has 0 aliphatic carbocycles. The fourth-order valence-electron chi connectivity index (χ4n) is 2.54. The van der Waals surface area contributed by atoms with Gasteiger partial charge in [-0.15, -0.1) is 0 Å². The van der Waals surface area contributed by atoms with Crippen molar-refractivity contribution >= 4 is 38.6 Å². The summed E-state index contributed by atoms with van der Waals surface area (Å²) in [7, 11) is 1.48. The highest BCUT2D eigenvalue weighted by molar-refractivity contribution is 9.10. The first-order chi connectivity index (χ1) is 11.9. The molecule has 25 heavy (non-hydrogen) atoms. The minimum absolute atomic E-state index is 0.0275. The maximum atomic E-state index is 9.81. The number of nitriles is 1. The topological polar surface area (TPSA) is 81.9 Å². The lowest BCUT2D eigenvalue weighted by Gasteiger charge is -2.06. The molecule has 3 rings (SSSR count). The summed E-state index contributed by atoms with van der Waals surface area (Å²) in [5.41, 5.74) is 5.12. The largest absolute Gasteiger partial charge is 0.504 e. The quantitative estimate of drug-likeness (QED) is 0.626. The summed E-state index contributed by atoms with van der Waals surface area (Å²) in [6.07, 6.45) is 1.70. The number of phenols is 1. The third-order valence-electron chi connectivity index (χ3n) is 4.07. The van der Waals surface area contributed by atoms with E-state index < -0.39 is 0 Å². The lowest BCUT2D eigenvalue weighted by Crippen LogP contribution is -1.88. The number of rotatable bonds is 3. The molecule has 0 fully saturated rings. The minimum Gasteiger partial charge on any atom is -0.504 e. The van der Waals surface area contributed by atoms with Crippen LogP contribution in [0, 0.1) is 25.2 Å². The molecule has 2 N–H and O–H groups in total. The van der Waals surface area contributed by atoms with Crippen molar-refractivity contribution in [3.8, 4) is 17.6 Å². The highest BCUT2D eigenvalue weighted by Crippen LogP contribution is 2.34. The molecule has 0 aliphatic heterocycles. The second kappa shape index (κ2) is 6.61. The molecule has 0 amide bonds. The van der Waals surface area contributed by atoms with Crippen molar-refractivity contribution in [3.05, 3.63) is 51.3 Å². The van der Waals surface area contributed by atoms with Crippen LogP contribution in [0.15, 0.2) is 28.7 Å². The Bertz CT molecular complexity index is 1010. The predicted octanol–water partition coefficient (Wildman–Crippen LogP) is 4.72. The normalized spacial score (nSPS) is 11.6. The Morgan fingerprint density at radius 3 is 2.68 bits per heavy atom. The van der Waals surface area contributed by atoms with E-state index in [9.17, 15) is 10.4 Å². The van der Waals surface area contributed by atoms with Crippen LogP contribution in [0.5, 0.6) is 11.5 Å². The number of benzene rings is 2. The molecule has 0 saturated heterocycles. The summed E-state index contributed by atoms with van der Waals surface area (Å²) in [6.45, 7) is 4.07. The van der Waals surface area contributed by atoms with Crippen molar-refractivity contribution in [3.63, 3.8) is 0 Å². The molecule has 0 saturated carbocycles. The number of fused-ring (bicyclic) bond motifs is 1. The van der Waals surface area contributed by atoms with Gasteiger partial charge in [-0.1, -0.05) is 15.9 Å². The number of aromatic amines is 1. The van der Waals surface area contributed by atoms with E-state index in [1.54, 1.807) is 12.1 Å². The number of halogens is 1. The molecule has 0 radical (unpaired) electrons. The molecule has 3 aromatic rings. The van der Waals surface area contributed by atoms with Gasteiger partial charge in [0.1, 0.15) is 11.9 Å². The van der Waals surface area contributed by atoms with Gasteiger partial charge in [-0.25, -0.2) is 4.98 Å². The average Bonchev–Trinajstić information content (AvgIpc) is 2.97. The molecule has 0 bridgehead atoms. The smallest absolute Gasteiger partial charge is 0.161 e. The zero-order chi connectivity index (χ0) is 18.1. The second-order valence-corrected chi connectivity index (χ2v) is 6.61. The van der Waals surface area contributed by atoms with Crippen molar-refractivity contribution in [2.24, 2.45) is 0 Å². The maximum absolute atomic E-state index is 9.81. The van der Waals surface area contributed by atoms with Gasteiger partial charge in [0.2, 0.25) is 0 Å². The van der Waals surface area contributed by atoms with Gasteiger partial charge in [-0.3, -0.25) is 0 Å². The number of allylic oxidation sites excluding steroid dienone is 1. The zero-order valence-corrected chi connectivity index (χ0v) is 15.6. The molecule has 5 nitrogen and oxygen atoms in total. The Balaban J connectivity index is 2.12. The number of nitrogens with zero attached hydrogens (tertiary/aromatic N) is 2. The highest BCUT2D eigenvalue weighted by atomic mass is 79.9. The van der Waals surface area contributed by atoms with Crippen molar-refractivity contribution in [2.45, 2.75) is 13.8 Å². The van der Waals surface area contributed by atoms with Crippen molar-refractivity contribution in [2.75, 3.05) is 7.11 Å². The molecule has 0 unspecified atom stereocenters. The molecule has 126 valence electrons. The number of ether oxygens (including phenoxy) is 1. The van der Waals surface area contributed by atoms with Gasteiger partial charge in [-0.2, -0.15) is 5.26 Å². The zero-order valence-electron chi connectivity index (χ0n) is 14.0. The number of aromatic nitrogens is 2. The molecule has 1 aromatic heterocycles. The fourth-order valence-corrected chi connectivity index (χ4v) is 2.98. The van der Waals surface area contributed by atoms with Crippen molar-refractivity contribution < 1.29 is 9.84 Å². The summed E-state index contributed by atoms with van der Waals surface area (Å²) >= 11 is 3.39. The third kappa shape index (κ3) is 3.24. The Labute approximate surface area is 153 Å². The third-order valence-corrected chi connectivity index (χ3v) is 4.76. The fraction of sp³-hybridized carbons (Fsp3) is 0.158. The summed E-state index contributed by atoms with van der Waals surface area (Å²) < 4.78 is 5.78. The van der Waals surface area contributed by atoms with Gasteiger partial charge in [0.15, 0.2) is 11.5 Å². The summed E-state index contributed by atoms with van der Waals surface area (Å²) in [6, 6.07) is 9.40. The molecule has 2 aromatic carbocycles. The van der Waals surface area contributed by atoms with Crippen LogP contribution in [0.3, 0.4) is 0 Å². The maximum Gasteiger partial charge on any atom is 0.161 e. The number of phenolic OH excluding ortho intramolecular Hbond substituents is 1. The number of hydrogen-bond donors (Lipinski definition) is 2. The number of aryl methyl sites for hydroxylation is 2. The molecule has 0 aliphatic rings. The van der Waals surface area contributed by atoms with E-state index >= 15 is 0 Å². The van der Waals surface area contributed by atoms with Crippen LogP contribution in [0.2, 0.25) is 0 Å².